The molecule has 1 saturated carbocycles. The molecule has 0 heterocycles. The van der Waals surface area contributed by atoms with Crippen LogP contribution in [0, 0.1) is 0 Å². The van der Waals surface area contributed by atoms with Gasteiger partial charge in [0.1, 0.15) is 12.3 Å². The highest BCUT2D eigenvalue weighted by Gasteiger charge is 2.08. The van der Waals surface area contributed by atoms with E-state index in [1.54, 1.807) is 24.3 Å². The standard InChI is InChI=1S/C9H9NO2.C6H13N.C5H12N2O2/c1-7(12)10-9-4-2-8(6-11)3-5-9;7-6-4-2-1-3-5-6;6-3-1-2-4(7)5(8)9/h2-6H,1H3,(H,10,12);6H,1-5,7H2;4H,1-3,6-7H2,(H,8,9). The van der Waals surface area contributed by atoms with Gasteiger partial charge in [-0.1, -0.05) is 19.3 Å². The van der Waals surface area contributed by atoms with Gasteiger partial charge < -0.3 is 27.6 Å². The van der Waals surface area contributed by atoms with E-state index in [-0.39, 0.29) is 5.91 Å². The number of hydrogen-bond acceptors (Lipinski definition) is 6. The van der Waals surface area contributed by atoms with Gasteiger partial charge in [-0.25, -0.2) is 0 Å². The van der Waals surface area contributed by atoms with Gasteiger partial charge in [0.25, 0.3) is 0 Å². The molecule has 2 rings (SSSR count). The highest BCUT2D eigenvalue weighted by Crippen LogP contribution is 2.14. The van der Waals surface area contributed by atoms with Gasteiger partial charge in [-0.3, -0.25) is 14.4 Å². The van der Waals surface area contributed by atoms with Gasteiger partial charge in [-0.2, -0.15) is 0 Å². The number of nitrogens with one attached hydrogen (secondary N) is 1. The average molecular weight is 395 g/mol. The zero-order chi connectivity index (χ0) is 21.4. The number of amides is 1. The lowest BCUT2D eigenvalue weighted by molar-refractivity contribution is -0.138. The number of aldehydes is 1. The zero-order valence-corrected chi connectivity index (χ0v) is 16.6. The van der Waals surface area contributed by atoms with Crippen LogP contribution in [0.25, 0.3) is 0 Å². The molecule has 1 aliphatic rings. The van der Waals surface area contributed by atoms with E-state index in [0.29, 0.717) is 36.7 Å². The molecule has 1 aromatic rings. The number of rotatable bonds is 6. The Bertz CT molecular complexity index is 572. The SMILES string of the molecule is CC(=O)Nc1ccc(C=O)cc1.NC1CCCCC1.NCCCC(N)C(=O)O. The van der Waals surface area contributed by atoms with Crippen LogP contribution in [0.5, 0.6) is 0 Å². The topological polar surface area (TPSA) is 162 Å². The van der Waals surface area contributed by atoms with Crippen molar-refractivity contribution in [3.63, 3.8) is 0 Å². The van der Waals surface area contributed by atoms with Crippen molar-refractivity contribution in [2.24, 2.45) is 17.2 Å². The van der Waals surface area contributed by atoms with Crippen LogP contribution in [0.3, 0.4) is 0 Å². The third-order valence-electron chi connectivity index (χ3n) is 4.05. The van der Waals surface area contributed by atoms with E-state index < -0.39 is 12.0 Å². The van der Waals surface area contributed by atoms with E-state index in [1.807, 2.05) is 0 Å². The Morgan fingerprint density at radius 1 is 1.21 bits per heavy atom. The van der Waals surface area contributed by atoms with Crippen LogP contribution in [0.15, 0.2) is 24.3 Å². The van der Waals surface area contributed by atoms with Crippen LogP contribution in [-0.2, 0) is 9.59 Å². The minimum absolute atomic E-state index is 0.117. The lowest BCUT2D eigenvalue weighted by Crippen LogP contribution is -2.30. The fourth-order valence-electron chi connectivity index (χ4n) is 2.44. The summed E-state index contributed by atoms with van der Waals surface area (Å²) in [5, 5.41) is 10.8. The van der Waals surface area contributed by atoms with E-state index in [0.717, 1.165) is 6.29 Å². The summed E-state index contributed by atoms with van der Waals surface area (Å²) in [5.41, 5.74) is 17.2. The van der Waals surface area contributed by atoms with Gasteiger partial charge in [0, 0.05) is 24.2 Å². The predicted octanol–water partition coefficient (Wildman–Crippen LogP) is 1.87. The van der Waals surface area contributed by atoms with Gasteiger partial charge in [0.05, 0.1) is 0 Å². The highest BCUT2D eigenvalue weighted by molar-refractivity contribution is 5.89. The molecule has 8 N–H and O–H groups in total. The Labute approximate surface area is 166 Å². The van der Waals surface area contributed by atoms with Crippen molar-refractivity contribution in [2.75, 3.05) is 11.9 Å². The molecule has 1 amide bonds. The molecule has 0 aliphatic heterocycles. The summed E-state index contributed by atoms with van der Waals surface area (Å²) in [4.78, 5) is 30.9. The molecule has 1 unspecified atom stereocenters. The van der Waals surface area contributed by atoms with Gasteiger partial charge in [0.15, 0.2) is 0 Å². The first-order chi connectivity index (χ1) is 13.3. The molecule has 1 aliphatic carbocycles. The normalized spacial score (nSPS) is 14.4. The third kappa shape index (κ3) is 13.9. The summed E-state index contributed by atoms with van der Waals surface area (Å²) >= 11 is 0. The van der Waals surface area contributed by atoms with Crippen molar-refractivity contribution in [1.82, 2.24) is 0 Å². The van der Waals surface area contributed by atoms with Crippen LogP contribution in [-0.4, -0.2) is 41.9 Å². The van der Waals surface area contributed by atoms with Gasteiger partial charge in [-0.15, -0.1) is 0 Å². The Balaban J connectivity index is 0.000000406. The average Bonchev–Trinajstić information content (AvgIpc) is 2.68. The van der Waals surface area contributed by atoms with E-state index in [2.05, 4.69) is 5.32 Å². The van der Waals surface area contributed by atoms with Gasteiger partial charge >= 0.3 is 5.97 Å². The number of aliphatic carboxylic acids is 1. The van der Waals surface area contributed by atoms with Crippen LogP contribution in [0.4, 0.5) is 5.69 Å². The Morgan fingerprint density at radius 2 is 1.79 bits per heavy atom. The Morgan fingerprint density at radius 3 is 2.14 bits per heavy atom. The summed E-state index contributed by atoms with van der Waals surface area (Å²) in [5.74, 6) is -1.07. The number of hydrogen-bond donors (Lipinski definition) is 5. The second kappa shape index (κ2) is 15.7. The number of nitrogens with two attached hydrogens (primary N) is 3. The lowest BCUT2D eigenvalue weighted by atomic mass is 9.97. The molecule has 0 saturated heterocycles. The molecule has 1 aromatic carbocycles. The lowest BCUT2D eigenvalue weighted by Gasteiger charge is -2.15. The molecule has 0 spiro atoms. The van der Waals surface area contributed by atoms with Crippen LogP contribution in [0.1, 0.15) is 62.2 Å². The fraction of sp³-hybridized carbons (Fsp3) is 0.550. The number of carboxylic acids is 1. The quantitative estimate of drug-likeness (QED) is 0.460. The smallest absolute Gasteiger partial charge is 0.320 e. The first-order valence-corrected chi connectivity index (χ1v) is 9.57. The minimum atomic E-state index is -0.955. The maximum atomic E-state index is 10.6. The van der Waals surface area contributed by atoms with Crippen molar-refractivity contribution in [3.05, 3.63) is 29.8 Å². The molecule has 158 valence electrons. The summed E-state index contributed by atoms with van der Waals surface area (Å²) < 4.78 is 0. The number of carbonyl (C=O) groups excluding carboxylic acids is 2. The number of carbonyl (C=O) groups is 3. The molecule has 8 nitrogen and oxygen atoms in total. The largest absolute Gasteiger partial charge is 0.480 e. The molecule has 0 radical (unpaired) electrons. The monoisotopic (exact) mass is 394 g/mol. The van der Waals surface area contributed by atoms with Crippen LogP contribution in [0.2, 0.25) is 0 Å². The van der Waals surface area contributed by atoms with Crippen molar-refractivity contribution in [3.8, 4) is 0 Å². The first-order valence-electron chi connectivity index (χ1n) is 9.57. The molecular weight excluding hydrogens is 360 g/mol. The maximum Gasteiger partial charge on any atom is 0.320 e. The number of carboxylic acid groups (broad SMARTS) is 1. The van der Waals surface area contributed by atoms with E-state index in [4.69, 9.17) is 22.3 Å². The zero-order valence-electron chi connectivity index (χ0n) is 16.6. The second-order valence-corrected chi connectivity index (χ2v) is 6.69. The van der Waals surface area contributed by atoms with Gasteiger partial charge in [-0.05, 0) is 56.5 Å². The number of anilines is 1. The summed E-state index contributed by atoms with van der Waals surface area (Å²) in [6, 6.07) is 6.47. The molecule has 28 heavy (non-hydrogen) atoms. The first kappa shape index (κ1) is 25.7. The molecule has 1 atom stereocenters. The molecule has 0 aromatic heterocycles. The third-order valence-corrected chi connectivity index (χ3v) is 4.05. The van der Waals surface area contributed by atoms with Crippen molar-refractivity contribution in [2.45, 2.75) is 64.0 Å². The maximum absolute atomic E-state index is 10.6. The van der Waals surface area contributed by atoms with Crippen molar-refractivity contribution in [1.29, 1.82) is 0 Å². The Hall–Kier alpha value is -2.29. The van der Waals surface area contributed by atoms with E-state index in [9.17, 15) is 14.4 Å². The molecular formula is C20H34N4O4. The number of benzene rings is 1. The highest BCUT2D eigenvalue weighted by atomic mass is 16.4. The van der Waals surface area contributed by atoms with E-state index in [1.165, 1.54) is 39.0 Å². The van der Waals surface area contributed by atoms with Crippen LogP contribution >= 0.6 is 0 Å². The fourth-order valence-corrected chi connectivity index (χ4v) is 2.44. The Kier molecular flexibility index (Phi) is 14.5. The second-order valence-electron chi connectivity index (χ2n) is 6.69. The van der Waals surface area contributed by atoms with Crippen molar-refractivity contribution >= 4 is 23.9 Å². The molecule has 1 fully saturated rings. The molecule has 8 heteroatoms. The summed E-state index contributed by atoms with van der Waals surface area (Å²) in [6.07, 6.45) is 8.56. The van der Waals surface area contributed by atoms with E-state index >= 15 is 0 Å². The van der Waals surface area contributed by atoms with Gasteiger partial charge in [0.2, 0.25) is 5.91 Å². The summed E-state index contributed by atoms with van der Waals surface area (Å²) in [7, 11) is 0. The van der Waals surface area contributed by atoms with Crippen molar-refractivity contribution < 1.29 is 19.5 Å². The molecule has 0 bridgehead atoms. The van der Waals surface area contributed by atoms with Crippen LogP contribution < -0.4 is 22.5 Å². The summed E-state index contributed by atoms with van der Waals surface area (Å²) in [6.45, 7) is 1.94. The predicted molar refractivity (Wildman–Crippen MR) is 111 cm³/mol. The minimum Gasteiger partial charge on any atom is -0.480 e.